The maximum absolute atomic E-state index is 12.3. The fraction of sp³-hybridized carbons (Fsp3) is 0.353. The Morgan fingerprint density at radius 2 is 2.09 bits per heavy atom. The highest BCUT2D eigenvalue weighted by atomic mass is 16.2. The normalized spacial score (nSPS) is 13.8. The molecule has 0 atom stereocenters. The van der Waals surface area contributed by atoms with Crippen molar-refractivity contribution in [3.63, 3.8) is 0 Å². The highest BCUT2D eigenvalue weighted by Crippen LogP contribution is 2.39. The second-order valence-electron chi connectivity index (χ2n) is 6.05. The van der Waals surface area contributed by atoms with Gasteiger partial charge in [0.15, 0.2) is 0 Å². The van der Waals surface area contributed by atoms with Crippen LogP contribution in [0.3, 0.4) is 0 Å². The first-order valence-corrected chi connectivity index (χ1v) is 7.68. The molecule has 0 saturated heterocycles. The van der Waals surface area contributed by atoms with Crippen LogP contribution in [0.4, 0.5) is 5.69 Å². The molecule has 120 valence electrons. The van der Waals surface area contributed by atoms with Gasteiger partial charge in [0.25, 0.3) is 5.91 Å². The molecule has 1 heterocycles. The van der Waals surface area contributed by atoms with Crippen molar-refractivity contribution in [1.29, 1.82) is 0 Å². The number of hydrogen-bond acceptors (Lipinski definition) is 3. The molecule has 1 aliphatic carbocycles. The smallest absolute Gasteiger partial charge is 0.268 e. The molecule has 23 heavy (non-hydrogen) atoms. The third-order valence-corrected chi connectivity index (χ3v) is 4.20. The Labute approximate surface area is 134 Å². The molecule has 2 amide bonds. The van der Waals surface area contributed by atoms with Crippen LogP contribution in [0.5, 0.6) is 0 Å². The highest BCUT2D eigenvalue weighted by Gasteiger charge is 2.30. The van der Waals surface area contributed by atoms with E-state index in [1.54, 1.807) is 10.8 Å². The van der Waals surface area contributed by atoms with Crippen molar-refractivity contribution >= 4 is 17.5 Å². The van der Waals surface area contributed by atoms with Gasteiger partial charge in [-0.05, 0) is 43.9 Å². The topological polar surface area (TPSA) is 90.0 Å². The van der Waals surface area contributed by atoms with Crippen LogP contribution in [0.25, 0.3) is 0 Å². The number of nitrogens with two attached hydrogens (primary N) is 1. The zero-order valence-corrected chi connectivity index (χ0v) is 13.3. The molecule has 0 unspecified atom stereocenters. The lowest BCUT2D eigenvalue weighted by atomic mass is 10.1. The van der Waals surface area contributed by atoms with Gasteiger partial charge in [0, 0.05) is 17.8 Å². The van der Waals surface area contributed by atoms with Gasteiger partial charge in [-0.3, -0.25) is 9.59 Å². The van der Waals surface area contributed by atoms with Crippen molar-refractivity contribution in [2.24, 2.45) is 5.73 Å². The SMILES string of the molecule is Cc1cccc(NC(=O)Cn2cc(C(N)=O)nc2C2CC2)c1C. The van der Waals surface area contributed by atoms with Crippen molar-refractivity contribution in [2.75, 3.05) is 5.32 Å². The Balaban J connectivity index is 1.77. The lowest BCUT2D eigenvalue weighted by molar-refractivity contribution is -0.116. The first-order valence-electron chi connectivity index (χ1n) is 7.68. The highest BCUT2D eigenvalue weighted by molar-refractivity contribution is 5.92. The fourth-order valence-corrected chi connectivity index (χ4v) is 2.57. The quantitative estimate of drug-likeness (QED) is 0.886. The molecule has 6 nitrogen and oxygen atoms in total. The summed E-state index contributed by atoms with van der Waals surface area (Å²) >= 11 is 0. The van der Waals surface area contributed by atoms with Crippen LogP contribution < -0.4 is 11.1 Å². The van der Waals surface area contributed by atoms with E-state index < -0.39 is 5.91 Å². The van der Waals surface area contributed by atoms with Crippen LogP contribution >= 0.6 is 0 Å². The van der Waals surface area contributed by atoms with Gasteiger partial charge in [0.2, 0.25) is 5.91 Å². The summed E-state index contributed by atoms with van der Waals surface area (Å²) in [4.78, 5) is 27.9. The van der Waals surface area contributed by atoms with Crippen molar-refractivity contribution in [2.45, 2.75) is 39.2 Å². The minimum Gasteiger partial charge on any atom is -0.364 e. The molecule has 0 aliphatic heterocycles. The molecule has 1 aromatic heterocycles. The Morgan fingerprint density at radius 3 is 2.74 bits per heavy atom. The molecular weight excluding hydrogens is 292 g/mol. The predicted octanol–water partition coefficient (Wildman–Crippen LogP) is 2.11. The monoisotopic (exact) mass is 312 g/mol. The minimum absolute atomic E-state index is 0.124. The lowest BCUT2D eigenvalue weighted by Gasteiger charge is -2.11. The van der Waals surface area contributed by atoms with E-state index in [4.69, 9.17) is 5.73 Å². The van der Waals surface area contributed by atoms with Gasteiger partial charge in [-0.15, -0.1) is 0 Å². The molecule has 0 spiro atoms. The van der Waals surface area contributed by atoms with Crippen LogP contribution in [0.2, 0.25) is 0 Å². The largest absolute Gasteiger partial charge is 0.364 e. The number of amides is 2. The van der Waals surface area contributed by atoms with Gasteiger partial charge in [-0.1, -0.05) is 12.1 Å². The minimum atomic E-state index is -0.569. The van der Waals surface area contributed by atoms with Crippen molar-refractivity contribution in [3.05, 3.63) is 47.0 Å². The molecular formula is C17H20N4O2. The van der Waals surface area contributed by atoms with E-state index in [0.717, 1.165) is 35.5 Å². The van der Waals surface area contributed by atoms with E-state index in [1.807, 2.05) is 32.0 Å². The van der Waals surface area contributed by atoms with E-state index in [9.17, 15) is 9.59 Å². The molecule has 2 aromatic rings. The van der Waals surface area contributed by atoms with Crippen molar-refractivity contribution in [1.82, 2.24) is 9.55 Å². The van der Waals surface area contributed by atoms with E-state index in [-0.39, 0.29) is 18.1 Å². The van der Waals surface area contributed by atoms with E-state index in [2.05, 4.69) is 10.3 Å². The second kappa shape index (κ2) is 5.87. The summed E-state index contributed by atoms with van der Waals surface area (Å²) in [6, 6.07) is 5.80. The number of aromatic nitrogens is 2. The maximum atomic E-state index is 12.3. The summed E-state index contributed by atoms with van der Waals surface area (Å²) in [7, 11) is 0. The Bertz CT molecular complexity index is 775. The van der Waals surface area contributed by atoms with Gasteiger partial charge in [0.1, 0.15) is 18.1 Å². The summed E-state index contributed by atoms with van der Waals surface area (Å²) < 4.78 is 1.73. The fourth-order valence-electron chi connectivity index (χ4n) is 2.57. The number of nitrogens with zero attached hydrogens (tertiary/aromatic N) is 2. The summed E-state index contributed by atoms with van der Waals surface area (Å²) in [6.07, 6.45) is 3.64. The number of benzene rings is 1. The number of hydrogen-bond donors (Lipinski definition) is 2. The number of aryl methyl sites for hydroxylation is 1. The zero-order valence-electron chi connectivity index (χ0n) is 13.3. The van der Waals surface area contributed by atoms with Crippen LogP contribution in [0.1, 0.15) is 46.2 Å². The number of carbonyl (C=O) groups is 2. The molecule has 3 rings (SSSR count). The maximum Gasteiger partial charge on any atom is 0.268 e. The van der Waals surface area contributed by atoms with Gasteiger partial charge in [-0.2, -0.15) is 0 Å². The molecule has 6 heteroatoms. The van der Waals surface area contributed by atoms with Crippen LogP contribution in [-0.4, -0.2) is 21.4 Å². The van der Waals surface area contributed by atoms with Gasteiger partial charge in [0.05, 0.1) is 0 Å². The first-order chi connectivity index (χ1) is 11.0. The van der Waals surface area contributed by atoms with Crippen LogP contribution in [0.15, 0.2) is 24.4 Å². The summed E-state index contributed by atoms with van der Waals surface area (Å²) in [5.41, 5.74) is 8.48. The van der Waals surface area contributed by atoms with Crippen LogP contribution in [0, 0.1) is 13.8 Å². The third-order valence-electron chi connectivity index (χ3n) is 4.20. The van der Waals surface area contributed by atoms with Crippen molar-refractivity contribution < 1.29 is 9.59 Å². The molecule has 1 aromatic carbocycles. The average molecular weight is 312 g/mol. The summed E-state index contributed by atoms with van der Waals surface area (Å²) in [5, 5.41) is 2.92. The zero-order chi connectivity index (χ0) is 16.6. The number of rotatable bonds is 5. The number of anilines is 1. The third kappa shape index (κ3) is 3.26. The van der Waals surface area contributed by atoms with E-state index >= 15 is 0 Å². The molecule has 1 saturated carbocycles. The van der Waals surface area contributed by atoms with E-state index in [0.29, 0.717) is 5.92 Å². The predicted molar refractivity (Wildman–Crippen MR) is 87.3 cm³/mol. The Kier molecular flexibility index (Phi) is 3.90. The van der Waals surface area contributed by atoms with Gasteiger partial charge in [-0.25, -0.2) is 4.98 Å². The Morgan fingerprint density at radius 1 is 1.35 bits per heavy atom. The van der Waals surface area contributed by atoms with Gasteiger partial charge >= 0.3 is 0 Å². The number of imidazole rings is 1. The molecule has 1 fully saturated rings. The van der Waals surface area contributed by atoms with Crippen molar-refractivity contribution in [3.8, 4) is 0 Å². The standard InChI is InChI=1S/C17H20N4O2/c1-10-4-3-5-13(11(10)2)19-15(22)9-21-8-14(16(18)23)20-17(21)12-6-7-12/h3-5,8,12H,6-7,9H2,1-2H3,(H2,18,23)(H,19,22). The Hall–Kier alpha value is -2.63. The van der Waals surface area contributed by atoms with E-state index in [1.165, 1.54) is 0 Å². The van der Waals surface area contributed by atoms with Gasteiger partial charge < -0.3 is 15.6 Å². The number of carbonyl (C=O) groups excluding carboxylic acids is 2. The lowest BCUT2D eigenvalue weighted by Crippen LogP contribution is -2.20. The molecule has 3 N–H and O–H groups in total. The summed E-state index contributed by atoms with van der Waals surface area (Å²) in [5.74, 6) is 0.390. The molecule has 1 aliphatic rings. The number of primary amides is 1. The molecule has 0 radical (unpaired) electrons. The first kappa shape index (κ1) is 15.3. The van der Waals surface area contributed by atoms with Crippen LogP contribution in [-0.2, 0) is 11.3 Å². The second-order valence-corrected chi connectivity index (χ2v) is 6.05. The summed E-state index contributed by atoms with van der Waals surface area (Å²) in [6.45, 7) is 4.10. The number of nitrogens with one attached hydrogen (secondary N) is 1. The average Bonchev–Trinajstić information content (AvgIpc) is 3.25. The molecule has 0 bridgehead atoms.